The van der Waals surface area contributed by atoms with Gasteiger partial charge in [0.05, 0.1) is 25.5 Å². The van der Waals surface area contributed by atoms with Gasteiger partial charge in [-0.3, -0.25) is 20.2 Å². The van der Waals surface area contributed by atoms with Crippen molar-refractivity contribution >= 4 is 83.1 Å². The Kier molecular flexibility index (Phi) is 14.6. The number of halogens is 3. The summed E-state index contributed by atoms with van der Waals surface area (Å²) in [7, 11) is -0.330. The van der Waals surface area contributed by atoms with Crippen molar-refractivity contribution in [1.82, 2.24) is 0 Å². The second-order valence-corrected chi connectivity index (χ2v) is 14.2. The number of benzene rings is 4. The predicted molar refractivity (Wildman–Crippen MR) is 203 cm³/mol. The minimum atomic E-state index is -0.639. The van der Waals surface area contributed by atoms with Gasteiger partial charge in [-0.1, -0.05) is 62.2 Å². The number of nitrogen functional groups attached to an aromatic ring is 2. The molecule has 0 aromatic heterocycles. The molecule has 0 radical (unpaired) electrons. The number of phenolic OH excluding ortho intramolecular Hbond substituents is 1. The van der Waals surface area contributed by atoms with E-state index in [1.54, 1.807) is 19.1 Å². The summed E-state index contributed by atoms with van der Waals surface area (Å²) in [5.41, 5.74) is 16.2. The lowest BCUT2D eigenvalue weighted by Crippen LogP contribution is -2.41. The number of hydrogen-bond donors (Lipinski definition) is 3. The van der Waals surface area contributed by atoms with Crippen molar-refractivity contribution in [3.63, 3.8) is 0 Å². The summed E-state index contributed by atoms with van der Waals surface area (Å²) in [5.74, 6) is -0.336. The van der Waals surface area contributed by atoms with Crippen LogP contribution in [-0.2, 0) is 9.31 Å². The van der Waals surface area contributed by atoms with E-state index >= 15 is 0 Å². The lowest BCUT2D eigenvalue weighted by Gasteiger charge is -2.32. The van der Waals surface area contributed by atoms with Crippen molar-refractivity contribution in [1.29, 1.82) is 0 Å². The smallest absolute Gasteiger partial charge is 0.495 e. The molecule has 5 rings (SSSR count). The van der Waals surface area contributed by atoms with Crippen molar-refractivity contribution in [2.75, 3.05) is 11.5 Å². The van der Waals surface area contributed by atoms with Gasteiger partial charge in [0.2, 0.25) is 5.75 Å². The summed E-state index contributed by atoms with van der Waals surface area (Å²) in [4.78, 5) is 19.5. The largest absolute Gasteiger partial charge is 0.501 e. The molecule has 0 saturated carbocycles. The molecule has 1 aliphatic heterocycles. The molecule has 0 aliphatic carbocycles. The normalized spacial score (nSPS) is 13.9. The van der Waals surface area contributed by atoms with Crippen LogP contribution in [0.4, 0.5) is 22.7 Å². The maximum absolute atomic E-state index is 10.4. The first-order chi connectivity index (χ1) is 22.2. The topological polar surface area (TPSA) is 177 Å². The maximum atomic E-state index is 10.4. The summed E-state index contributed by atoms with van der Waals surface area (Å²) in [5, 5.41) is 29.6. The molecule has 5 N–H and O–H groups in total. The molecule has 256 valence electrons. The zero-order chi connectivity index (χ0) is 36.6. The van der Waals surface area contributed by atoms with Crippen molar-refractivity contribution in [2.45, 2.75) is 59.7 Å². The highest BCUT2D eigenvalue weighted by atomic mass is 79.9. The van der Waals surface area contributed by atoms with Crippen LogP contribution in [0.1, 0.15) is 44.4 Å². The first kappa shape index (κ1) is 40.7. The first-order valence-corrected chi connectivity index (χ1v) is 16.8. The van der Waals surface area contributed by atoms with E-state index in [9.17, 15) is 20.2 Å². The fraction of sp³-hybridized carbons (Fsp3) is 0.273. The molecule has 0 bridgehead atoms. The van der Waals surface area contributed by atoms with Gasteiger partial charge in [0, 0.05) is 38.0 Å². The molecule has 0 unspecified atom stereocenters. The Morgan fingerprint density at radius 2 is 1.04 bits per heavy atom. The van der Waals surface area contributed by atoms with E-state index < -0.39 is 4.92 Å². The van der Waals surface area contributed by atoms with E-state index in [4.69, 9.17) is 25.9 Å². The molecule has 11 nitrogen and oxygen atoms in total. The third kappa shape index (κ3) is 10.5. The number of nitrogens with two attached hydrogens (primary N) is 2. The second kappa shape index (κ2) is 17.2. The van der Waals surface area contributed by atoms with Gasteiger partial charge in [0.25, 0.3) is 5.69 Å². The molecule has 48 heavy (non-hydrogen) atoms. The average Bonchev–Trinajstić information content (AvgIpc) is 3.22. The van der Waals surface area contributed by atoms with Crippen molar-refractivity contribution in [2.24, 2.45) is 0 Å². The van der Waals surface area contributed by atoms with Crippen LogP contribution in [-0.4, -0.2) is 33.3 Å². The summed E-state index contributed by atoms with van der Waals surface area (Å²) in [6.07, 6.45) is 0. The number of anilines is 2. The molecular formula is C33H38BBr3N4O7. The number of nitrogens with zero attached hydrogens (tertiary/aromatic N) is 2. The molecule has 0 atom stereocenters. The summed E-state index contributed by atoms with van der Waals surface area (Å²) in [6.45, 7) is 13.9. The van der Waals surface area contributed by atoms with Crippen LogP contribution in [0.5, 0.6) is 5.75 Å². The van der Waals surface area contributed by atoms with E-state index in [2.05, 4.69) is 75.5 Å². The predicted octanol–water partition coefficient (Wildman–Crippen LogP) is 8.94. The maximum Gasteiger partial charge on any atom is 0.495 e. The Balaban J connectivity index is 0.000000230. The van der Waals surface area contributed by atoms with E-state index in [1.165, 1.54) is 24.3 Å². The van der Waals surface area contributed by atoms with Crippen LogP contribution >= 0.6 is 47.8 Å². The Morgan fingerprint density at radius 1 is 0.646 bits per heavy atom. The third-order valence-electron chi connectivity index (χ3n) is 7.83. The number of phenols is 1. The van der Waals surface area contributed by atoms with Crippen molar-refractivity contribution < 1.29 is 24.3 Å². The molecule has 1 heterocycles. The zero-order valence-electron chi connectivity index (χ0n) is 27.6. The second-order valence-electron chi connectivity index (χ2n) is 11.6. The molecule has 1 aliphatic rings. The van der Waals surface area contributed by atoms with Crippen LogP contribution in [0.25, 0.3) is 0 Å². The number of nitro benzene ring substituents is 2. The molecule has 4 aromatic rings. The van der Waals surface area contributed by atoms with Gasteiger partial charge in [0.15, 0.2) is 0 Å². The van der Waals surface area contributed by atoms with Gasteiger partial charge < -0.3 is 25.9 Å². The van der Waals surface area contributed by atoms with Gasteiger partial charge in [-0.25, -0.2) is 0 Å². The van der Waals surface area contributed by atoms with Crippen LogP contribution < -0.4 is 16.9 Å². The Labute approximate surface area is 305 Å². The van der Waals surface area contributed by atoms with Crippen LogP contribution in [0.15, 0.2) is 86.2 Å². The number of nitro groups is 2. The number of para-hydroxylation sites is 1. The van der Waals surface area contributed by atoms with Gasteiger partial charge in [-0.05, 0) is 111 Å². The van der Waals surface area contributed by atoms with Gasteiger partial charge in [-0.2, -0.15) is 0 Å². The fourth-order valence-corrected chi connectivity index (χ4v) is 5.06. The van der Waals surface area contributed by atoms with Gasteiger partial charge in [0.1, 0.15) is 0 Å². The van der Waals surface area contributed by atoms with Gasteiger partial charge in [-0.15, -0.1) is 0 Å². The number of rotatable bonds is 3. The van der Waals surface area contributed by atoms with Crippen molar-refractivity contribution in [3.05, 3.63) is 123 Å². The Morgan fingerprint density at radius 3 is 1.46 bits per heavy atom. The quantitative estimate of drug-likeness (QED) is 0.0786. The highest BCUT2D eigenvalue weighted by Gasteiger charge is 2.52. The van der Waals surface area contributed by atoms with E-state index in [-0.39, 0.29) is 40.4 Å². The summed E-state index contributed by atoms with van der Waals surface area (Å²) in [6, 6.07) is 20.8. The fourth-order valence-electron chi connectivity index (χ4n) is 3.97. The minimum Gasteiger partial charge on any atom is -0.501 e. The van der Waals surface area contributed by atoms with Crippen LogP contribution in [0.2, 0.25) is 0 Å². The number of aromatic hydroxyl groups is 1. The summed E-state index contributed by atoms with van der Waals surface area (Å²) < 4.78 is 14.2. The average molecular weight is 853 g/mol. The number of hydrogen-bond acceptors (Lipinski definition) is 9. The van der Waals surface area contributed by atoms with Crippen LogP contribution in [0, 0.1) is 41.0 Å². The molecule has 4 aromatic carbocycles. The lowest BCUT2D eigenvalue weighted by atomic mass is 9.76. The summed E-state index contributed by atoms with van der Waals surface area (Å²) >= 11 is 9.54. The van der Waals surface area contributed by atoms with Gasteiger partial charge >= 0.3 is 12.8 Å². The van der Waals surface area contributed by atoms with Crippen molar-refractivity contribution in [3.8, 4) is 5.75 Å². The molecule has 1 fully saturated rings. The molecular weight excluding hydrogens is 815 g/mol. The highest BCUT2D eigenvalue weighted by molar-refractivity contribution is 9.11. The SMILES string of the molecule is Cc1c(Br)cccc1[N+](=O)[O-].Cc1c(N)cccc1B1OC(C)(C)C(C)(C)O1.Cc1c(N)cccc1Br.O=[N+]([O-])c1cccc(Br)c1O. The third-order valence-corrected chi connectivity index (χ3v) is 10.2. The molecule has 0 amide bonds. The molecule has 15 heteroatoms. The minimum absolute atomic E-state index is 0.152. The van der Waals surface area contributed by atoms with E-state index in [0.717, 1.165) is 36.9 Å². The highest BCUT2D eigenvalue weighted by Crippen LogP contribution is 2.37. The van der Waals surface area contributed by atoms with E-state index in [0.29, 0.717) is 10.0 Å². The zero-order valence-corrected chi connectivity index (χ0v) is 32.3. The lowest BCUT2D eigenvalue weighted by molar-refractivity contribution is -0.386. The molecule has 1 saturated heterocycles. The standard InChI is InChI=1S/C13H20BNO2.C7H6BrNO2.C7H8BrN.C6H4BrNO3/c1-9-10(7-6-8-11(9)15)14-16-12(2,3)13(4,5)17-14;1-5-6(8)3-2-4-7(5)9(10)11;1-5-6(8)3-2-4-7(5)9;7-4-2-1-3-5(6(4)9)8(10)11/h6-8H,15H2,1-5H3;2-4H,1H3;2-4H,9H2,1H3;1-3,9H. The first-order valence-electron chi connectivity index (χ1n) is 14.4. The Bertz CT molecular complexity index is 1680. The molecule has 0 spiro atoms. The Hall–Kier alpha value is -3.50. The monoisotopic (exact) mass is 850 g/mol. The van der Waals surface area contributed by atoms with E-state index in [1.807, 2.05) is 50.2 Å². The van der Waals surface area contributed by atoms with Crippen LogP contribution in [0.3, 0.4) is 0 Å².